The summed E-state index contributed by atoms with van der Waals surface area (Å²) in [6.07, 6.45) is 0. The van der Waals surface area contributed by atoms with Crippen LogP contribution in [0, 0.1) is 0 Å². The van der Waals surface area contributed by atoms with Crippen molar-refractivity contribution in [3.8, 4) is 5.75 Å². The van der Waals surface area contributed by atoms with Gasteiger partial charge < -0.3 is 15.0 Å². The molecule has 1 atom stereocenters. The highest BCUT2D eigenvalue weighted by molar-refractivity contribution is 6.09. The first-order valence-electron chi connectivity index (χ1n) is 12.0. The van der Waals surface area contributed by atoms with Gasteiger partial charge in [0.25, 0.3) is 5.91 Å². The van der Waals surface area contributed by atoms with Crippen molar-refractivity contribution in [2.24, 2.45) is 0 Å². The van der Waals surface area contributed by atoms with Crippen molar-refractivity contribution in [3.63, 3.8) is 0 Å². The van der Waals surface area contributed by atoms with E-state index < -0.39 is 17.5 Å². The summed E-state index contributed by atoms with van der Waals surface area (Å²) >= 11 is 0. The lowest BCUT2D eigenvalue weighted by Crippen LogP contribution is -2.43. The van der Waals surface area contributed by atoms with Crippen LogP contribution in [0.25, 0.3) is 10.8 Å². The molecule has 1 aliphatic heterocycles. The highest BCUT2D eigenvalue weighted by Crippen LogP contribution is 2.31. The van der Waals surface area contributed by atoms with Gasteiger partial charge in [0.15, 0.2) is 0 Å². The second kappa shape index (κ2) is 9.30. The van der Waals surface area contributed by atoms with Crippen LogP contribution in [0.1, 0.15) is 44.4 Å². The summed E-state index contributed by atoms with van der Waals surface area (Å²) in [6.45, 7) is 8.07. The molecule has 7 nitrogen and oxygen atoms in total. The summed E-state index contributed by atoms with van der Waals surface area (Å²) in [5, 5.41) is 4.87. The smallest absolute Gasteiger partial charge is 0.325 e. The predicted molar refractivity (Wildman–Crippen MR) is 140 cm³/mol. The number of imide groups is 1. The first kappa shape index (κ1) is 25.2. The molecule has 0 spiro atoms. The Bertz CT molecular complexity index is 1330. The van der Waals surface area contributed by atoms with Crippen molar-refractivity contribution in [1.29, 1.82) is 0 Å². The molecule has 0 radical (unpaired) electrons. The van der Waals surface area contributed by atoms with Crippen LogP contribution in [-0.2, 0) is 27.1 Å². The summed E-state index contributed by atoms with van der Waals surface area (Å²) in [7, 11) is 3.30. The fraction of sp³-hybridized carbons (Fsp3) is 0.345. The van der Waals surface area contributed by atoms with Gasteiger partial charge in [0, 0.05) is 13.6 Å². The molecule has 0 bridgehead atoms. The van der Waals surface area contributed by atoms with E-state index in [4.69, 9.17) is 4.74 Å². The molecule has 7 heteroatoms. The minimum atomic E-state index is -1.22. The molecule has 0 saturated carbocycles. The second-order valence-electron chi connectivity index (χ2n) is 10.6. The van der Waals surface area contributed by atoms with Crippen molar-refractivity contribution < 1.29 is 19.1 Å². The number of likely N-dealkylation sites (N-methyl/N-ethyl adjacent to an activating group) is 1. The first-order valence-corrected chi connectivity index (χ1v) is 12.0. The lowest BCUT2D eigenvalue weighted by Gasteiger charge is -2.25. The van der Waals surface area contributed by atoms with E-state index in [1.807, 2.05) is 60.7 Å². The maximum atomic E-state index is 13.3. The third-order valence-corrected chi connectivity index (χ3v) is 6.85. The summed E-state index contributed by atoms with van der Waals surface area (Å²) in [6, 6.07) is 18.9. The number of rotatable bonds is 6. The van der Waals surface area contributed by atoms with E-state index in [0.717, 1.165) is 32.5 Å². The number of carbonyl (C=O) groups excluding carboxylic acids is 3. The largest absolute Gasteiger partial charge is 0.497 e. The van der Waals surface area contributed by atoms with Gasteiger partial charge in [-0.05, 0) is 58.0 Å². The Hall–Kier alpha value is -3.87. The van der Waals surface area contributed by atoms with Crippen molar-refractivity contribution in [2.45, 2.75) is 45.2 Å². The Balaban J connectivity index is 1.45. The number of methoxy groups -OCH3 is 1. The zero-order chi connectivity index (χ0) is 26.3. The molecule has 1 N–H and O–H groups in total. The van der Waals surface area contributed by atoms with Gasteiger partial charge in [-0.1, -0.05) is 63.2 Å². The van der Waals surface area contributed by atoms with Crippen LogP contribution in [-0.4, -0.2) is 48.3 Å². The molecule has 3 aromatic carbocycles. The topological polar surface area (TPSA) is 79.0 Å². The standard InChI is InChI=1S/C29H33N3O4/c1-28(2,3)22-10-12-23(13-11-22)29(4)26(34)32(27(35)30-29)18-25(33)31(5)17-19-7-8-21-16-24(36-6)14-9-20(21)15-19/h7-16H,17-18H2,1-6H3,(H,30,35). The molecule has 1 heterocycles. The molecule has 0 aliphatic carbocycles. The van der Waals surface area contributed by atoms with Crippen molar-refractivity contribution in [1.82, 2.24) is 15.1 Å². The van der Waals surface area contributed by atoms with Crippen molar-refractivity contribution in [2.75, 3.05) is 20.7 Å². The molecule has 3 aromatic rings. The summed E-state index contributed by atoms with van der Waals surface area (Å²) in [5.41, 5.74) is 1.53. The fourth-order valence-electron chi connectivity index (χ4n) is 4.46. The van der Waals surface area contributed by atoms with Crippen LogP contribution in [0.2, 0.25) is 0 Å². The van der Waals surface area contributed by atoms with Gasteiger partial charge in [0.2, 0.25) is 5.91 Å². The Morgan fingerprint density at radius 2 is 1.64 bits per heavy atom. The molecule has 0 aromatic heterocycles. The maximum absolute atomic E-state index is 13.3. The zero-order valence-corrected chi connectivity index (χ0v) is 21.7. The molecule has 4 rings (SSSR count). The molecule has 36 heavy (non-hydrogen) atoms. The first-order chi connectivity index (χ1) is 16.9. The number of nitrogens with zero attached hydrogens (tertiary/aromatic N) is 2. The van der Waals surface area contributed by atoms with Gasteiger partial charge in [0.05, 0.1) is 7.11 Å². The maximum Gasteiger partial charge on any atom is 0.325 e. The predicted octanol–water partition coefficient (Wildman–Crippen LogP) is 4.57. The second-order valence-corrected chi connectivity index (χ2v) is 10.6. The average molecular weight is 488 g/mol. The Morgan fingerprint density at radius 3 is 2.28 bits per heavy atom. The average Bonchev–Trinajstić information content (AvgIpc) is 3.06. The van der Waals surface area contributed by atoms with Crippen molar-refractivity contribution >= 4 is 28.6 Å². The fourth-order valence-corrected chi connectivity index (χ4v) is 4.46. The molecule has 1 unspecified atom stereocenters. The normalized spacial score (nSPS) is 17.9. The Kier molecular flexibility index (Phi) is 6.52. The van der Waals surface area contributed by atoms with E-state index in [-0.39, 0.29) is 17.9 Å². The SMILES string of the molecule is COc1ccc2cc(CN(C)C(=O)CN3C(=O)NC(C)(c4ccc(C(C)(C)C)cc4)C3=O)ccc2c1. The highest BCUT2D eigenvalue weighted by atomic mass is 16.5. The van der Waals surface area contributed by atoms with Crippen molar-refractivity contribution in [3.05, 3.63) is 77.4 Å². The minimum Gasteiger partial charge on any atom is -0.497 e. The summed E-state index contributed by atoms with van der Waals surface area (Å²) < 4.78 is 5.27. The molecule has 1 saturated heterocycles. The van der Waals surface area contributed by atoms with E-state index in [2.05, 4.69) is 26.1 Å². The number of hydrogen-bond acceptors (Lipinski definition) is 4. The van der Waals surface area contributed by atoms with Gasteiger partial charge >= 0.3 is 6.03 Å². The quantitative estimate of drug-likeness (QED) is 0.517. The number of amides is 4. The van der Waals surface area contributed by atoms with Gasteiger partial charge in [-0.3, -0.25) is 14.5 Å². The highest BCUT2D eigenvalue weighted by Gasteiger charge is 2.49. The number of fused-ring (bicyclic) bond motifs is 1. The van der Waals surface area contributed by atoms with Gasteiger partial charge in [-0.2, -0.15) is 0 Å². The zero-order valence-electron chi connectivity index (χ0n) is 21.7. The van der Waals surface area contributed by atoms with Crippen LogP contribution < -0.4 is 10.1 Å². The Morgan fingerprint density at radius 1 is 1.00 bits per heavy atom. The van der Waals surface area contributed by atoms with Crippen LogP contribution >= 0.6 is 0 Å². The van der Waals surface area contributed by atoms with Crippen LogP contribution in [0.5, 0.6) is 5.75 Å². The molecule has 1 fully saturated rings. The van der Waals surface area contributed by atoms with E-state index in [0.29, 0.717) is 12.1 Å². The number of hydrogen-bond donors (Lipinski definition) is 1. The van der Waals surface area contributed by atoms with E-state index >= 15 is 0 Å². The molecular weight excluding hydrogens is 454 g/mol. The third kappa shape index (κ3) is 4.78. The molecular formula is C29H33N3O4. The van der Waals surface area contributed by atoms with E-state index in [1.165, 1.54) is 4.90 Å². The molecule has 1 aliphatic rings. The lowest BCUT2D eigenvalue weighted by molar-refractivity contribution is -0.138. The summed E-state index contributed by atoms with van der Waals surface area (Å²) in [4.78, 5) is 41.5. The van der Waals surface area contributed by atoms with Crippen LogP contribution in [0.3, 0.4) is 0 Å². The monoisotopic (exact) mass is 487 g/mol. The van der Waals surface area contributed by atoms with Gasteiger partial charge in [-0.15, -0.1) is 0 Å². The lowest BCUT2D eigenvalue weighted by atomic mass is 9.84. The van der Waals surface area contributed by atoms with E-state index in [9.17, 15) is 14.4 Å². The molecule has 4 amide bonds. The number of carbonyl (C=O) groups is 3. The third-order valence-electron chi connectivity index (χ3n) is 6.85. The summed E-state index contributed by atoms with van der Waals surface area (Å²) in [5.74, 6) is 0.0336. The number of ether oxygens (including phenoxy) is 1. The minimum absolute atomic E-state index is 0.0245. The Labute approximate surface area is 212 Å². The molecule has 188 valence electrons. The van der Waals surface area contributed by atoms with Crippen LogP contribution in [0.15, 0.2) is 60.7 Å². The number of nitrogens with one attached hydrogen (secondary N) is 1. The van der Waals surface area contributed by atoms with Crippen LogP contribution in [0.4, 0.5) is 4.79 Å². The van der Waals surface area contributed by atoms with Gasteiger partial charge in [0.1, 0.15) is 17.8 Å². The van der Waals surface area contributed by atoms with E-state index in [1.54, 1.807) is 21.1 Å². The van der Waals surface area contributed by atoms with Gasteiger partial charge in [-0.25, -0.2) is 4.79 Å². The number of benzene rings is 3. The number of urea groups is 1.